The molecule has 1 amide bonds. The second kappa shape index (κ2) is 10.2. The van der Waals surface area contributed by atoms with Crippen molar-refractivity contribution in [3.63, 3.8) is 0 Å². The van der Waals surface area contributed by atoms with E-state index in [2.05, 4.69) is 16.1 Å². The number of hydrogen-bond acceptors (Lipinski definition) is 8. The first-order chi connectivity index (χ1) is 17.7. The summed E-state index contributed by atoms with van der Waals surface area (Å²) in [4.78, 5) is 39.0. The van der Waals surface area contributed by atoms with Crippen LogP contribution in [0.3, 0.4) is 0 Å². The lowest BCUT2D eigenvalue weighted by molar-refractivity contribution is -0.133. The average molecular weight is 517 g/mol. The van der Waals surface area contributed by atoms with Gasteiger partial charge in [-0.2, -0.15) is 5.26 Å². The van der Waals surface area contributed by atoms with Crippen molar-refractivity contribution >= 4 is 46.4 Å². The minimum Gasteiger partial charge on any atom is -0.497 e. The van der Waals surface area contributed by atoms with Gasteiger partial charge in [0, 0.05) is 11.8 Å². The van der Waals surface area contributed by atoms with Gasteiger partial charge in [0.2, 0.25) is 0 Å². The highest BCUT2D eigenvalue weighted by atomic mass is 32.1. The second-order valence-corrected chi connectivity index (χ2v) is 9.40. The van der Waals surface area contributed by atoms with Gasteiger partial charge in [0.15, 0.2) is 0 Å². The summed E-state index contributed by atoms with van der Waals surface area (Å²) in [5.74, 6) is -1.73. The monoisotopic (exact) mass is 516 g/mol. The zero-order valence-corrected chi connectivity index (χ0v) is 21.4. The molecule has 4 rings (SSSR count). The third-order valence-corrected chi connectivity index (χ3v) is 7.26. The quantitative estimate of drug-likeness (QED) is 0.493. The molecule has 188 valence electrons. The number of nitrogens with zero attached hydrogens (tertiary/aromatic N) is 2. The van der Waals surface area contributed by atoms with E-state index in [0.717, 1.165) is 33.1 Å². The van der Waals surface area contributed by atoms with E-state index in [1.165, 1.54) is 14.2 Å². The maximum absolute atomic E-state index is 13.9. The van der Waals surface area contributed by atoms with Crippen molar-refractivity contribution in [1.82, 2.24) is 4.57 Å². The highest BCUT2D eigenvalue weighted by molar-refractivity contribution is 7.07. The van der Waals surface area contributed by atoms with E-state index >= 15 is 0 Å². The number of benzene rings is 2. The lowest BCUT2D eigenvalue weighted by Crippen LogP contribution is -2.40. The van der Waals surface area contributed by atoms with Gasteiger partial charge in [-0.05, 0) is 54.8 Å². The van der Waals surface area contributed by atoms with Crippen molar-refractivity contribution in [2.45, 2.75) is 19.8 Å². The molecule has 10 heteroatoms. The molecule has 3 N–H and O–H groups in total. The third-order valence-electron chi connectivity index (χ3n) is 6.16. The van der Waals surface area contributed by atoms with E-state index < -0.39 is 23.4 Å². The van der Waals surface area contributed by atoms with E-state index in [0.29, 0.717) is 17.0 Å². The molecule has 0 spiro atoms. The van der Waals surface area contributed by atoms with Gasteiger partial charge >= 0.3 is 5.97 Å². The zero-order chi connectivity index (χ0) is 26.9. The molecular formula is C27H24N4O5S. The van der Waals surface area contributed by atoms with E-state index in [1.54, 1.807) is 30.3 Å². The number of ether oxygens (including phenoxy) is 2. The Bertz CT molecular complexity index is 1690. The molecule has 3 aromatic rings. The lowest BCUT2D eigenvalue weighted by atomic mass is 9.83. The predicted octanol–water partition coefficient (Wildman–Crippen LogP) is 1.73. The smallest absolute Gasteiger partial charge is 0.332 e. The van der Waals surface area contributed by atoms with Crippen LogP contribution in [0.25, 0.3) is 17.5 Å². The largest absolute Gasteiger partial charge is 0.497 e. The summed E-state index contributed by atoms with van der Waals surface area (Å²) < 4.78 is 11.4. The molecule has 1 unspecified atom stereocenters. The van der Waals surface area contributed by atoms with Crippen molar-refractivity contribution in [2.75, 3.05) is 19.5 Å². The van der Waals surface area contributed by atoms with Gasteiger partial charge in [0.05, 0.1) is 37.4 Å². The highest BCUT2D eigenvalue weighted by Crippen LogP contribution is 2.37. The molecule has 1 aliphatic rings. The molecule has 1 aliphatic heterocycles. The summed E-state index contributed by atoms with van der Waals surface area (Å²) in [7, 11) is 2.71. The molecule has 2 heterocycles. The summed E-state index contributed by atoms with van der Waals surface area (Å²) in [6, 6.07) is 14.5. The van der Waals surface area contributed by atoms with E-state index in [9.17, 15) is 19.6 Å². The molecule has 1 atom stereocenters. The van der Waals surface area contributed by atoms with Crippen LogP contribution in [0.15, 0.2) is 52.8 Å². The Morgan fingerprint density at radius 2 is 1.92 bits per heavy atom. The summed E-state index contributed by atoms with van der Waals surface area (Å²) in [5, 5.41) is 13.0. The molecule has 0 fully saturated rings. The first kappa shape index (κ1) is 25.5. The van der Waals surface area contributed by atoms with Crippen LogP contribution < -0.4 is 30.5 Å². The number of anilines is 1. The molecule has 0 bridgehead atoms. The Hall–Kier alpha value is -4.62. The average Bonchev–Trinajstić information content (AvgIpc) is 3.21. The molecule has 9 nitrogen and oxygen atoms in total. The van der Waals surface area contributed by atoms with Gasteiger partial charge < -0.3 is 20.5 Å². The van der Waals surface area contributed by atoms with Crippen LogP contribution in [0.4, 0.5) is 5.69 Å². The second-order valence-electron chi connectivity index (χ2n) is 8.37. The maximum atomic E-state index is 13.9. The number of thiazole rings is 1. The summed E-state index contributed by atoms with van der Waals surface area (Å²) in [6.07, 6.45) is 1.04. The minimum absolute atomic E-state index is 0.0184. The van der Waals surface area contributed by atoms with Crippen LogP contribution in [0, 0.1) is 25.2 Å². The first-order valence-corrected chi connectivity index (χ1v) is 12.0. The Kier molecular flexibility index (Phi) is 7.00. The predicted molar refractivity (Wildman–Crippen MR) is 141 cm³/mol. The fourth-order valence-corrected chi connectivity index (χ4v) is 5.24. The molecule has 1 aromatic heterocycles. The number of hydrogen-bond donors (Lipinski definition) is 2. The number of nitriles is 1. The highest BCUT2D eigenvalue weighted by Gasteiger charge is 2.36. The maximum Gasteiger partial charge on any atom is 0.332 e. The Labute approximate surface area is 216 Å². The fraction of sp³-hybridized carbons (Fsp3) is 0.185. The van der Waals surface area contributed by atoms with Crippen LogP contribution in [-0.2, 0) is 14.3 Å². The number of esters is 1. The fourth-order valence-electron chi connectivity index (χ4n) is 4.11. The molecule has 2 aromatic carbocycles. The molecule has 0 aliphatic carbocycles. The SMILES string of the molecule is COC(=O)/C=c1\sc2n(c1=O)C(N)=C(C#N)C(c1cccc(OC)c1)C=2C(=O)Nc1ccc(C)c(C)c1. The number of nitrogens with one attached hydrogen (secondary N) is 1. The van der Waals surface area contributed by atoms with Crippen LogP contribution in [0.1, 0.15) is 22.6 Å². The number of carbonyl (C=O) groups is 2. The van der Waals surface area contributed by atoms with Crippen molar-refractivity contribution in [1.29, 1.82) is 5.26 Å². The Balaban J connectivity index is 2.05. The minimum atomic E-state index is -0.893. The van der Waals surface area contributed by atoms with Gasteiger partial charge in [0.25, 0.3) is 11.5 Å². The number of aryl methyl sites for hydroxylation is 2. The summed E-state index contributed by atoms with van der Waals surface area (Å²) >= 11 is 0.924. The summed E-state index contributed by atoms with van der Waals surface area (Å²) in [5.41, 5.74) is 9.07. The van der Waals surface area contributed by atoms with Gasteiger partial charge in [0.1, 0.15) is 20.8 Å². The summed E-state index contributed by atoms with van der Waals surface area (Å²) in [6.45, 7) is 3.90. The standard InChI is InChI=1S/C27H24N4O5S/c1-14-8-9-17(10-15(14)2)30-25(33)23-22(16-6-5-7-18(11-16)35-3)19(13-28)24(29)31-26(34)20(37-27(23)31)12-21(32)36-4/h5-12,22H,29H2,1-4H3,(H,30,33)/b20-12-. The number of carbonyl (C=O) groups excluding carboxylic acids is 2. The van der Waals surface area contributed by atoms with Crippen molar-refractivity contribution in [3.05, 3.63) is 84.3 Å². The Morgan fingerprint density at radius 3 is 2.57 bits per heavy atom. The lowest BCUT2D eigenvalue weighted by Gasteiger charge is -2.25. The van der Waals surface area contributed by atoms with Gasteiger partial charge in [-0.15, -0.1) is 11.3 Å². The van der Waals surface area contributed by atoms with Crippen molar-refractivity contribution in [2.24, 2.45) is 5.73 Å². The molecule has 0 saturated carbocycles. The zero-order valence-electron chi connectivity index (χ0n) is 20.6. The Morgan fingerprint density at radius 1 is 1.16 bits per heavy atom. The molecular weight excluding hydrogens is 492 g/mol. The van der Waals surface area contributed by atoms with Crippen molar-refractivity contribution < 1.29 is 19.1 Å². The third kappa shape index (κ3) is 4.64. The number of amides is 1. The molecule has 37 heavy (non-hydrogen) atoms. The number of methoxy groups -OCH3 is 2. The van der Waals surface area contributed by atoms with Crippen LogP contribution >= 0.6 is 11.3 Å². The van der Waals surface area contributed by atoms with Gasteiger partial charge in [-0.25, -0.2) is 4.79 Å². The van der Waals surface area contributed by atoms with E-state index in [1.807, 2.05) is 26.0 Å². The van der Waals surface area contributed by atoms with Crippen molar-refractivity contribution in [3.8, 4) is 11.8 Å². The number of allylic oxidation sites excluding steroid dienone is 1. The van der Waals surface area contributed by atoms with Gasteiger partial charge in [-0.3, -0.25) is 14.2 Å². The van der Waals surface area contributed by atoms with Crippen LogP contribution in [-0.4, -0.2) is 30.7 Å². The first-order valence-electron chi connectivity index (χ1n) is 11.2. The topological polar surface area (TPSA) is 136 Å². The number of rotatable bonds is 5. The van der Waals surface area contributed by atoms with E-state index in [-0.39, 0.29) is 26.2 Å². The number of fused-ring (bicyclic) bond motifs is 1. The molecule has 0 radical (unpaired) electrons. The normalized spacial score (nSPS) is 15.2. The van der Waals surface area contributed by atoms with E-state index in [4.69, 9.17) is 10.5 Å². The number of aromatic nitrogens is 1. The van der Waals surface area contributed by atoms with Crippen LogP contribution in [0.5, 0.6) is 5.75 Å². The number of nitrogens with two attached hydrogens (primary N) is 1. The van der Waals surface area contributed by atoms with Crippen LogP contribution in [0.2, 0.25) is 0 Å². The molecule has 0 saturated heterocycles. The van der Waals surface area contributed by atoms with Gasteiger partial charge in [-0.1, -0.05) is 18.2 Å².